The third-order valence-electron chi connectivity index (χ3n) is 6.52. The van der Waals surface area contributed by atoms with Gasteiger partial charge in [-0.05, 0) is 0 Å². The Balaban J connectivity index is 1.54. The van der Waals surface area contributed by atoms with Crippen LogP contribution in [-0.2, 0) is 11.8 Å². The molecule has 152 valence electrons. The molecule has 0 N–H and O–H groups in total. The first-order chi connectivity index (χ1) is 13.7. The summed E-state index contributed by atoms with van der Waals surface area (Å²) in [7, 11) is 0. The Labute approximate surface area is 181 Å². The van der Waals surface area contributed by atoms with Gasteiger partial charge in [0, 0.05) is 0 Å². The van der Waals surface area contributed by atoms with E-state index < -0.39 is 4.73 Å². The van der Waals surface area contributed by atoms with Gasteiger partial charge in [-0.1, -0.05) is 0 Å². The molecule has 0 radical (unpaired) electrons. The van der Waals surface area contributed by atoms with Gasteiger partial charge >= 0.3 is 182 Å². The molecule has 0 heterocycles. The molecular formula is C24H33OPSSe. The van der Waals surface area contributed by atoms with E-state index in [1.54, 1.807) is 0 Å². The molecule has 28 heavy (non-hydrogen) atoms. The van der Waals surface area contributed by atoms with Gasteiger partial charge in [-0.25, -0.2) is 0 Å². The third kappa shape index (κ3) is 4.70. The van der Waals surface area contributed by atoms with Crippen LogP contribution in [0.2, 0.25) is 0 Å². The summed E-state index contributed by atoms with van der Waals surface area (Å²) in [6, 6.07) is 15.0. The number of fused-ring (bicyclic) bond motifs is 1. The van der Waals surface area contributed by atoms with E-state index in [1.165, 1.54) is 75.0 Å². The molecule has 2 saturated carbocycles. The monoisotopic (exact) mass is 480 g/mol. The van der Waals surface area contributed by atoms with Gasteiger partial charge in [0.25, 0.3) is 0 Å². The molecule has 1 atom stereocenters. The van der Waals surface area contributed by atoms with Crippen molar-refractivity contribution in [2.75, 3.05) is 0 Å². The van der Waals surface area contributed by atoms with Crippen LogP contribution in [0.3, 0.4) is 0 Å². The fourth-order valence-corrected chi connectivity index (χ4v) is 20.1. The average Bonchev–Trinajstić information content (AvgIpc) is 2.75. The molecule has 0 aromatic heterocycles. The Morgan fingerprint density at radius 1 is 0.857 bits per heavy atom. The summed E-state index contributed by atoms with van der Waals surface area (Å²) in [6.45, 7) is 2.30. The van der Waals surface area contributed by atoms with E-state index in [0.29, 0.717) is 14.5 Å². The molecule has 2 aromatic rings. The summed E-state index contributed by atoms with van der Waals surface area (Å²) in [5.41, 5.74) is 1.69. The van der Waals surface area contributed by atoms with Crippen LogP contribution in [0.4, 0.5) is 0 Å². The van der Waals surface area contributed by atoms with Crippen LogP contribution in [-0.4, -0.2) is 30.8 Å². The van der Waals surface area contributed by atoms with E-state index in [1.807, 2.05) is 0 Å². The van der Waals surface area contributed by atoms with E-state index in [2.05, 4.69) is 49.4 Å². The van der Waals surface area contributed by atoms with Gasteiger partial charge in [-0.15, -0.1) is 0 Å². The van der Waals surface area contributed by atoms with Gasteiger partial charge in [0.15, 0.2) is 0 Å². The van der Waals surface area contributed by atoms with E-state index in [4.69, 9.17) is 16.5 Å². The van der Waals surface area contributed by atoms with Crippen molar-refractivity contribution in [1.82, 2.24) is 0 Å². The predicted molar refractivity (Wildman–Crippen MR) is 128 cm³/mol. The fourth-order valence-electron chi connectivity index (χ4n) is 5.08. The first-order valence-electron chi connectivity index (χ1n) is 11.1. The molecule has 4 rings (SSSR count). The van der Waals surface area contributed by atoms with Crippen LogP contribution in [0.5, 0.6) is 5.75 Å². The zero-order valence-corrected chi connectivity index (χ0v) is 20.4. The first kappa shape index (κ1) is 20.9. The van der Waals surface area contributed by atoms with Gasteiger partial charge < -0.3 is 0 Å². The minimum absolute atomic E-state index is 0.271. The molecule has 2 aliphatic rings. The SMILES string of the molecule is CC(Oc1cccc2ccccc12)[Se]P(=S)(C1CCCCC1)C1CCCCC1. The number of benzene rings is 2. The standard InChI is InChI=1S/C24H33OPSSe/c1-19(25-24-18-10-12-20-11-8-9-17-23(20)24)28-26(27,21-13-4-2-5-14-21)22-15-6-3-7-16-22/h8-12,17-19,21-22H,2-7,13-16H2,1H3. The average molecular weight is 480 g/mol. The second kappa shape index (κ2) is 9.65. The number of hydrogen-bond donors (Lipinski definition) is 0. The summed E-state index contributed by atoms with van der Waals surface area (Å²) in [5, 5.41) is 2.77. The van der Waals surface area contributed by atoms with E-state index in [9.17, 15) is 0 Å². The molecule has 2 aliphatic carbocycles. The second-order valence-corrected chi connectivity index (χ2v) is 21.4. The molecule has 4 heteroatoms. The van der Waals surface area contributed by atoms with Crippen molar-refractivity contribution in [2.24, 2.45) is 0 Å². The summed E-state index contributed by atoms with van der Waals surface area (Å²) in [6.07, 6.45) is 14.1. The van der Waals surface area contributed by atoms with Crippen molar-refractivity contribution in [3.8, 4) is 5.75 Å². The van der Waals surface area contributed by atoms with Crippen molar-refractivity contribution in [3.05, 3.63) is 42.5 Å². The first-order valence-corrected chi connectivity index (χ1v) is 17.2. The molecule has 0 spiro atoms. The summed E-state index contributed by atoms with van der Waals surface area (Å²) in [5.74, 6) is 1.04. The Kier molecular flexibility index (Phi) is 7.21. The molecule has 0 aliphatic heterocycles. The second-order valence-electron chi connectivity index (χ2n) is 8.50. The molecule has 1 unspecified atom stereocenters. The molecule has 0 saturated heterocycles. The van der Waals surface area contributed by atoms with E-state index in [-0.39, 0.29) is 5.00 Å². The quantitative estimate of drug-likeness (QED) is 0.317. The Morgan fingerprint density at radius 2 is 1.43 bits per heavy atom. The maximum absolute atomic E-state index is 6.69. The van der Waals surface area contributed by atoms with Crippen molar-refractivity contribution < 1.29 is 4.74 Å². The van der Waals surface area contributed by atoms with E-state index >= 15 is 0 Å². The van der Waals surface area contributed by atoms with Crippen LogP contribution in [0.15, 0.2) is 42.5 Å². The Hall–Kier alpha value is -0.331. The van der Waals surface area contributed by atoms with Crippen LogP contribution < -0.4 is 4.74 Å². The van der Waals surface area contributed by atoms with E-state index in [0.717, 1.165) is 17.1 Å². The molecule has 0 bridgehead atoms. The Morgan fingerprint density at radius 3 is 2.07 bits per heavy atom. The van der Waals surface area contributed by atoms with Gasteiger partial charge in [-0.3, -0.25) is 0 Å². The van der Waals surface area contributed by atoms with Crippen molar-refractivity contribution in [2.45, 2.75) is 87.5 Å². The number of rotatable bonds is 6. The normalized spacial score (nSPS) is 20.9. The van der Waals surface area contributed by atoms with Crippen molar-refractivity contribution >= 4 is 41.8 Å². The molecule has 0 amide bonds. The van der Waals surface area contributed by atoms with Gasteiger partial charge in [0.1, 0.15) is 0 Å². The number of ether oxygens (including phenoxy) is 1. The van der Waals surface area contributed by atoms with Crippen LogP contribution in [0.1, 0.15) is 71.1 Å². The zero-order valence-electron chi connectivity index (χ0n) is 17.0. The van der Waals surface area contributed by atoms with Gasteiger partial charge in [-0.2, -0.15) is 0 Å². The number of hydrogen-bond acceptors (Lipinski definition) is 2. The van der Waals surface area contributed by atoms with Crippen molar-refractivity contribution in [1.29, 1.82) is 0 Å². The van der Waals surface area contributed by atoms with Crippen LogP contribution >= 0.6 is 4.73 Å². The minimum atomic E-state index is -1.35. The van der Waals surface area contributed by atoms with Crippen LogP contribution in [0, 0.1) is 0 Å². The zero-order chi connectivity index (χ0) is 19.4. The van der Waals surface area contributed by atoms with Gasteiger partial charge in [0.05, 0.1) is 0 Å². The molecule has 1 nitrogen and oxygen atoms in total. The topological polar surface area (TPSA) is 9.23 Å². The fraction of sp³-hybridized carbons (Fsp3) is 0.583. The third-order valence-corrected chi connectivity index (χ3v) is 21.2. The Bertz CT molecular complexity index is 799. The molecule has 2 aromatic carbocycles. The van der Waals surface area contributed by atoms with Gasteiger partial charge in [0.2, 0.25) is 0 Å². The summed E-state index contributed by atoms with van der Waals surface area (Å²) < 4.78 is 5.24. The predicted octanol–water partition coefficient (Wildman–Crippen LogP) is 7.33. The molecular weight excluding hydrogens is 446 g/mol. The summed E-state index contributed by atoms with van der Waals surface area (Å²) in [4.78, 5) is 0. The molecule has 2 fully saturated rings. The summed E-state index contributed by atoms with van der Waals surface area (Å²) >= 11 is 7.11. The van der Waals surface area contributed by atoms with Crippen molar-refractivity contribution in [3.63, 3.8) is 0 Å². The van der Waals surface area contributed by atoms with Crippen LogP contribution in [0.25, 0.3) is 10.8 Å². The maximum atomic E-state index is 6.69.